The summed E-state index contributed by atoms with van der Waals surface area (Å²) < 4.78 is 10.4. The molecule has 0 spiro atoms. The molecule has 1 amide bonds. The molecule has 0 radical (unpaired) electrons. The summed E-state index contributed by atoms with van der Waals surface area (Å²) in [5.41, 5.74) is 12.8. The third-order valence-corrected chi connectivity index (χ3v) is 4.83. The summed E-state index contributed by atoms with van der Waals surface area (Å²) in [6.07, 6.45) is 0. The molecule has 9 heteroatoms. The monoisotopic (exact) mass is 369 g/mol. The van der Waals surface area contributed by atoms with Crippen molar-refractivity contribution in [1.82, 2.24) is 4.98 Å². The highest BCUT2D eigenvalue weighted by Crippen LogP contribution is 2.35. The Bertz CT molecular complexity index is 1050. The molecule has 1 aromatic carbocycles. The van der Waals surface area contributed by atoms with Crippen molar-refractivity contribution in [2.24, 2.45) is 0 Å². The van der Waals surface area contributed by atoms with Gasteiger partial charge in [-0.05, 0) is 18.2 Å². The molecule has 0 fully saturated rings. The lowest BCUT2D eigenvalue weighted by Gasteiger charge is -2.10. The fraction of sp³-hybridized carbons (Fsp3) is 0.118. The molecule has 8 nitrogen and oxygen atoms in total. The summed E-state index contributed by atoms with van der Waals surface area (Å²) in [5.74, 6) is 0.751. The van der Waals surface area contributed by atoms with Crippen LogP contribution in [0.25, 0.3) is 10.2 Å². The smallest absolute Gasteiger partial charge is 0.267 e. The van der Waals surface area contributed by atoms with Crippen molar-refractivity contribution in [3.63, 3.8) is 0 Å². The van der Waals surface area contributed by atoms with Crippen LogP contribution in [0, 0.1) is 11.3 Å². The lowest BCUT2D eigenvalue weighted by Crippen LogP contribution is -2.12. The van der Waals surface area contributed by atoms with E-state index in [1.54, 1.807) is 18.2 Å². The number of nitrogen functional groups attached to an aromatic ring is 2. The SMILES string of the molecule is COc1ccc(NC(=O)c2sc3nc(N)c(C#N)cc3c2N)cc1OC. The average Bonchev–Trinajstić information content (AvgIpc) is 2.96. The van der Waals surface area contributed by atoms with Crippen LogP contribution in [0.4, 0.5) is 17.2 Å². The zero-order valence-corrected chi connectivity index (χ0v) is 14.8. The molecule has 2 aromatic heterocycles. The Labute approximate surface area is 153 Å². The largest absolute Gasteiger partial charge is 0.493 e. The standard InChI is InChI=1S/C17H15N5O3S/c1-24-11-4-3-9(6-12(11)25-2)21-16(23)14-13(19)10-5-8(7-18)15(20)22-17(10)26-14/h3-6H,19H2,1-2H3,(H2,20,22)(H,21,23). The molecular weight excluding hydrogens is 354 g/mol. The van der Waals surface area contributed by atoms with Crippen molar-refractivity contribution in [3.8, 4) is 17.6 Å². The minimum Gasteiger partial charge on any atom is -0.493 e. The second kappa shape index (κ2) is 6.78. The minimum absolute atomic E-state index is 0.105. The van der Waals surface area contributed by atoms with Gasteiger partial charge in [0.2, 0.25) is 0 Å². The first-order valence-electron chi connectivity index (χ1n) is 7.40. The Morgan fingerprint density at radius 3 is 2.62 bits per heavy atom. The second-order valence-electron chi connectivity index (χ2n) is 5.25. The Morgan fingerprint density at radius 2 is 1.96 bits per heavy atom. The molecule has 3 aromatic rings. The number of carbonyl (C=O) groups excluding carboxylic acids is 1. The lowest BCUT2D eigenvalue weighted by atomic mass is 10.2. The van der Waals surface area contributed by atoms with E-state index in [1.807, 2.05) is 6.07 Å². The van der Waals surface area contributed by atoms with Crippen LogP contribution in [0.5, 0.6) is 11.5 Å². The van der Waals surface area contributed by atoms with E-state index in [9.17, 15) is 4.79 Å². The number of nitrogens with zero attached hydrogens (tertiary/aromatic N) is 2. The molecule has 0 saturated carbocycles. The topological polar surface area (TPSA) is 136 Å². The van der Waals surface area contributed by atoms with Crippen LogP contribution in [-0.4, -0.2) is 25.1 Å². The van der Waals surface area contributed by atoms with E-state index in [2.05, 4.69) is 10.3 Å². The highest BCUT2D eigenvalue weighted by atomic mass is 32.1. The normalized spacial score (nSPS) is 10.3. The van der Waals surface area contributed by atoms with Crippen LogP contribution in [-0.2, 0) is 0 Å². The lowest BCUT2D eigenvalue weighted by molar-refractivity contribution is 0.103. The molecule has 0 bridgehead atoms. The Balaban J connectivity index is 1.96. The quantitative estimate of drug-likeness (QED) is 0.643. The predicted molar refractivity (Wildman–Crippen MR) is 101 cm³/mol. The molecule has 0 saturated heterocycles. The Morgan fingerprint density at radius 1 is 1.23 bits per heavy atom. The van der Waals surface area contributed by atoms with E-state index in [0.29, 0.717) is 27.4 Å². The molecule has 0 unspecified atom stereocenters. The zero-order valence-electron chi connectivity index (χ0n) is 14.0. The van der Waals surface area contributed by atoms with Gasteiger partial charge in [-0.25, -0.2) is 4.98 Å². The molecule has 0 aliphatic rings. The number of benzene rings is 1. The number of amides is 1. The van der Waals surface area contributed by atoms with Gasteiger partial charge in [0, 0.05) is 17.1 Å². The van der Waals surface area contributed by atoms with E-state index in [1.165, 1.54) is 20.3 Å². The Hall–Kier alpha value is -3.51. The molecule has 0 aliphatic heterocycles. The number of aromatic nitrogens is 1. The number of nitrogens with one attached hydrogen (secondary N) is 1. The number of nitriles is 1. The number of thiophene rings is 1. The van der Waals surface area contributed by atoms with Gasteiger partial charge in [-0.15, -0.1) is 11.3 Å². The van der Waals surface area contributed by atoms with Crippen LogP contribution >= 0.6 is 11.3 Å². The van der Waals surface area contributed by atoms with E-state index >= 15 is 0 Å². The fourth-order valence-corrected chi connectivity index (χ4v) is 3.39. The van der Waals surface area contributed by atoms with Crippen molar-refractivity contribution in [3.05, 3.63) is 34.7 Å². The van der Waals surface area contributed by atoms with Crippen molar-refractivity contribution in [1.29, 1.82) is 5.26 Å². The number of anilines is 3. The number of ether oxygens (including phenoxy) is 2. The number of nitrogens with two attached hydrogens (primary N) is 2. The molecule has 26 heavy (non-hydrogen) atoms. The van der Waals surface area contributed by atoms with Crippen LogP contribution in [0.1, 0.15) is 15.2 Å². The van der Waals surface area contributed by atoms with E-state index < -0.39 is 5.91 Å². The van der Waals surface area contributed by atoms with Crippen LogP contribution in [0.15, 0.2) is 24.3 Å². The number of pyridine rings is 1. The van der Waals surface area contributed by atoms with Gasteiger partial charge in [0.15, 0.2) is 11.5 Å². The maximum absolute atomic E-state index is 12.6. The zero-order chi connectivity index (χ0) is 18.8. The van der Waals surface area contributed by atoms with E-state index in [-0.39, 0.29) is 21.9 Å². The Kier molecular flexibility index (Phi) is 4.51. The molecule has 132 valence electrons. The number of methoxy groups -OCH3 is 2. The summed E-state index contributed by atoms with van der Waals surface area (Å²) in [6.45, 7) is 0. The van der Waals surface area contributed by atoms with Gasteiger partial charge in [-0.1, -0.05) is 0 Å². The number of carbonyl (C=O) groups is 1. The maximum Gasteiger partial charge on any atom is 0.267 e. The summed E-state index contributed by atoms with van der Waals surface area (Å²) in [5, 5.41) is 12.4. The van der Waals surface area contributed by atoms with Gasteiger partial charge in [-0.2, -0.15) is 5.26 Å². The number of hydrogen-bond acceptors (Lipinski definition) is 8. The van der Waals surface area contributed by atoms with Gasteiger partial charge < -0.3 is 26.3 Å². The third kappa shape index (κ3) is 2.94. The first-order valence-corrected chi connectivity index (χ1v) is 8.22. The van der Waals surface area contributed by atoms with Crippen molar-refractivity contribution in [2.75, 3.05) is 31.0 Å². The van der Waals surface area contributed by atoms with Gasteiger partial charge in [0.05, 0.1) is 25.5 Å². The summed E-state index contributed by atoms with van der Waals surface area (Å²) in [7, 11) is 3.04. The van der Waals surface area contributed by atoms with Crippen molar-refractivity contribution >= 4 is 44.7 Å². The maximum atomic E-state index is 12.6. The highest BCUT2D eigenvalue weighted by Gasteiger charge is 2.19. The van der Waals surface area contributed by atoms with Crippen LogP contribution in [0.3, 0.4) is 0 Å². The van der Waals surface area contributed by atoms with Gasteiger partial charge in [-0.3, -0.25) is 4.79 Å². The van der Waals surface area contributed by atoms with E-state index in [4.69, 9.17) is 26.2 Å². The van der Waals surface area contributed by atoms with Gasteiger partial charge in [0.1, 0.15) is 21.6 Å². The first kappa shape index (κ1) is 17.3. The minimum atomic E-state index is -0.394. The number of rotatable bonds is 4. The summed E-state index contributed by atoms with van der Waals surface area (Å²) in [6, 6.07) is 8.51. The number of fused-ring (bicyclic) bond motifs is 1. The van der Waals surface area contributed by atoms with Crippen LogP contribution < -0.4 is 26.3 Å². The number of hydrogen-bond donors (Lipinski definition) is 3. The summed E-state index contributed by atoms with van der Waals surface area (Å²) in [4.78, 5) is 17.6. The van der Waals surface area contributed by atoms with Crippen molar-refractivity contribution in [2.45, 2.75) is 0 Å². The predicted octanol–water partition coefficient (Wildman–Crippen LogP) is 2.60. The van der Waals surface area contributed by atoms with Crippen LogP contribution in [0.2, 0.25) is 0 Å². The average molecular weight is 369 g/mol. The van der Waals surface area contributed by atoms with Gasteiger partial charge in [0.25, 0.3) is 5.91 Å². The fourth-order valence-electron chi connectivity index (χ4n) is 2.41. The van der Waals surface area contributed by atoms with Gasteiger partial charge >= 0.3 is 0 Å². The highest BCUT2D eigenvalue weighted by molar-refractivity contribution is 7.21. The van der Waals surface area contributed by atoms with Crippen molar-refractivity contribution < 1.29 is 14.3 Å². The molecular formula is C17H15N5O3S. The van der Waals surface area contributed by atoms with E-state index in [0.717, 1.165) is 11.3 Å². The molecule has 5 N–H and O–H groups in total. The molecule has 2 heterocycles. The third-order valence-electron chi connectivity index (χ3n) is 3.72. The summed E-state index contributed by atoms with van der Waals surface area (Å²) >= 11 is 1.11. The second-order valence-corrected chi connectivity index (χ2v) is 6.25. The first-order chi connectivity index (χ1) is 12.5. The molecule has 0 aliphatic carbocycles. The molecule has 3 rings (SSSR count). The molecule has 0 atom stereocenters.